The van der Waals surface area contributed by atoms with Crippen molar-refractivity contribution in [2.24, 2.45) is 0 Å². The molecule has 3 rings (SSSR count). The molecule has 154 valence electrons. The van der Waals surface area contributed by atoms with Crippen LogP contribution in [0.2, 0.25) is 0 Å². The summed E-state index contributed by atoms with van der Waals surface area (Å²) in [6.07, 6.45) is 1.79. The molecule has 1 atom stereocenters. The van der Waals surface area contributed by atoms with Crippen molar-refractivity contribution in [1.29, 1.82) is 0 Å². The fourth-order valence-corrected chi connectivity index (χ4v) is 3.87. The van der Waals surface area contributed by atoms with Crippen LogP contribution < -0.4 is 0 Å². The third-order valence-electron chi connectivity index (χ3n) is 4.84. The van der Waals surface area contributed by atoms with E-state index in [1.807, 2.05) is 24.3 Å². The maximum Gasteiger partial charge on any atom is 0.157 e. The maximum absolute atomic E-state index is 13.4. The van der Waals surface area contributed by atoms with Crippen LogP contribution >= 0.6 is 0 Å². The third kappa shape index (κ3) is 5.41. The molecule has 4 nitrogen and oxygen atoms in total. The van der Waals surface area contributed by atoms with Gasteiger partial charge in [0.25, 0.3) is 0 Å². The molecule has 6 heteroatoms. The van der Waals surface area contributed by atoms with E-state index in [9.17, 15) is 8.60 Å². The summed E-state index contributed by atoms with van der Waals surface area (Å²) in [4.78, 5) is 0. The fourth-order valence-electron chi connectivity index (χ4n) is 3.39. The van der Waals surface area contributed by atoms with Gasteiger partial charge in [0.15, 0.2) is 11.1 Å². The lowest BCUT2D eigenvalue weighted by Crippen LogP contribution is -2.02. The van der Waals surface area contributed by atoms with Gasteiger partial charge in [-0.05, 0) is 66.8 Å². The van der Waals surface area contributed by atoms with Gasteiger partial charge in [0, 0.05) is 18.0 Å². The Hall–Kier alpha value is -2.28. The van der Waals surface area contributed by atoms with Crippen molar-refractivity contribution in [3.8, 4) is 16.9 Å². The minimum absolute atomic E-state index is 0.109. The molecule has 0 spiro atoms. The lowest BCUT2D eigenvalue weighted by molar-refractivity contribution is 0.138. The van der Waals surface area contributed by atoms with E-state index < -0.39 is 11.1 Å². The molecule has 0 aliphatic heterocycles. The van der Waals surface area contributed by atoms with Crippen molar-refractivity contribution in [2.45, 2.75) is 32.4 Å². The van der Waals surface area contributed by atoms with Crippen LogP contribution in [0.15, 0.2) is 54.6 Å². The molecule has 0 amide bonds. The minimum atomic E-state index is -1.86. The summed E-state index contributed by atoms with van der Waals surface area (Å²) < 4.78 is 41.4. The Balaban J connectivity index is 1.99. The second kappa shape index (κ2) is 9.96. The average Bonchev–Trinajstić information content (AvgIpc) is 3.02. The Labute approximate surface area is 173 Å². The van der Waals surface area contributed by atoms with Gasteiger partial charge in [-0.3, -0.25) is 0 Å². The van der Waals surface area contributed by atoms with Crippen LogP contribution in [0.3, 0.4) is 0 Å². The Bertz CT molecular complexity index is 965. The van der Waals surface area contributed by atoms with E-state index in [2.05, 4.69) is 24.5 Å². The highest BCUT2D eigenvalue weighted by molar-refractivity contribution is 7.78. The van der Waals surface area contributed by atoms with Crippen molar-refractivity contribution in [1.82, 2.24) is 4.57 Å². The van der Waals surface area contributed by atoms with Crippen molar-refractivity contribution < 1.29 is 17.9 Å². The standard InChI is InChI=1S/C23H26FNO3S/c1-3-13-28-14-12-20-15-23(19-6-4-18(5-7-19)16-29(26)27)25(17(20)2)22-10-8-21(24)9-11-22/h4-11,15H,3,12-14,16H2,1-2H3,(H,26,27). The lowest BCUT2D eigenvalue weighted by atomic mass is 10.1. The molecule has 0 bridgehead atoms. The molecular formula is C23H26FNO3S. The summed E-state index contributed by atoms with van der Waals surface area (Å²) in [6, 6.07) is 16.2. The number of hydrogen-bond acceptors (Lipinski definition) is 2. The second-order valence-corrected chi connectivity index (χ2v) is 7.91. The SMILES string of the molecule is CCCOCCc1cc(-c2ccc(CS(=O)O)cc2)n(-c2ccc(F)cc2)c1C. The monoisotopic (exact) mass is 415 g/mol. The predicted molar refractivity (Wildman–Crippen MR) is 115 cm³/mol. The first-order chi connectivity index (χ1) is 14.0. The molecule has 1 heterocycles. The van der Waals surface area contributed by atoms with Crippen molar-refractivity contribution in [3.63, 3.8) is 0 Å². The van der Waals surface area contributed by atoms with E-state index in [0.717, 1.165) is 47.7 Å². The maximum atomic E-state index is 13.4. The summed E-state index contributed by atoms with van der Waals surface area (Å²) in [5.41, 5.74) is 5.95. The van der Waals surface area contributed by atoms with Gasteiger partial charge >= 0.3 is 0 Å². The topological polar surface area (TPSA) is 51.5 Å². The molecule has 1 N–H and O–H groups in total. The number of benzene rings is 2. The van der Waals surface area contributed by atoms with Crippen LogP contribution in [0.25, 0.3) is 16.9 Å². The molecule has 1 aromatic heterocycles. The van der Waals surface area contributed by atoms with Gasteiger partial charge in [0.1, 0.15) is 5.82 Å². The van der Waals surface area contributed by atoms with E-state index in [0.29, 0.717) is 6.61 Å². The zero-order valence-corrected chi connectivity index (χ0v) is 17.5. The van der Waals surface area contributed by atoms with Crippen molar-refractivity contribution in [2.75, 3.05) is 13.2 Å². The quantitative estimate of drug-likeness (QED) is 0.382. The molecule has 0 aliphatic carbocycles. The van der Waals surface area contributed by atoms with E-state index in [-0.39, 0.29) is 11.6 Å². The first-order valence-electron chi connectivity index (χ1n) is 9.71. The van der Waals surface area contributed by atoms with Crippen LogP contribution in [0.1, 0.15) is 30.2 Å². The van der Waals surface area contributed by atoms with Gasteiger partial charge in [-0.2, -0.15) is 0 Å². The summed E-state index contributed by atoms with van der Waals surface area (Å²) >= 11 is -1.86. The Morgan fingerprint density at radius 3 is 2.38 bits per heavy atom. The Morgan fingerprint density at radius 1 is 1.07 bits per heavy atom. The largest absolute Gasteiger partial charge is 0.381 e. The van der Waals surface area contributed by atoms with Crippen LogP contribution in [0.5, 0.6) is 0 Å². The van der Waals surface area contributed by atoms with E-state index in [1.165, 1.54) is 17.7 Å². The van der Waals surface area contributed by atoms with E-state index in [4.69, 9.17) is 9.29 Å². The summed E-state index contributed by atoms with van der Waals surface area (Å²) in [7, 11) is 0. The van der Waals surface area contributed by atoms with Gasteiger partial charge < -0.3 is 13.9 Å². The van der Waals surface area contributed by atoms with Crippen LogP contribution in [0, 0.1) is 12.7 Å². The lowest BCUT2D eigenvalue weighted by Gasteiger charge is -2.13. The number of aromatic nitrogens is 1. The van der Waals surface area contributed by atoms with E-state index in [1.54, 1.807) is 12.1 Å². The van der Waals surface area contributed by atoms with Gasteiger partial charge in [-0.15, -0.1) is 0 Å². The van der Waals surface area contributed by atoms with Crippen molar-refractivity contribution >= 4 is 11.1 Å². The third-order valence-corrected chi connectivity index (χ3v) is 5.42. The highest BCUT2D eigenvalue weighted by atomic mass is 32.2. The Kier molecular flexibility index (Phi) is 7.36. The summed E-state index contributed by atoms with van der Waals surface area (Å²) in [5.74, 6) is -0.159. The molecule has 29 heavy (non-hydrogen) atoms. The van der Waals surface area contributed by atoms with Crippen LogP contribution in [-0.4, -0.2) is 26.5 Å². The highest BCUT2D eigenvalue weighted by Gasteiger charge is 2.15. The van der Waals surface area contributed by atoms with Crippen molar-refractivity contribution in [3.05, 3.63) is 77.2 Å². The molecular weight excluding hydrogens is 389 g/mol. The molecule has 0 saturated heterocycles. The zero-order valence-electron chi connectivity index (χ0n) is 16.7. The number of nitrogens with zero attached hydrogens (tertiary/aromatic N) is 1. The van der Waals surface area contributed by atoms with Crippen LogP contribution in [0.4, 0.5) is 4.39 Å². The zero-order chi connectivity index (χ0) is 20.8. The number of rotatable bonds is 9. The molecule has 0 saturated carbocycles. The van der Waals surface area contributed by atoms with Gasteiger partial charge in [-0.1, -0.05) is 31.2 Å². The highest BCUT2D eigenvalue weighted by Crippen LogP contribution is 2.30. The molecule has 2 aromatic carbocycles. The first-order valence-corrected chi connectivity index (χ1v) is 11.0. The molecule has 0 fully saturated rings. The minimum Gasteiger partial charge on any atom is -0.381 e. The Morgan fingerprint density at radius 2 is 1.76 bits per heavy atom. The second-order valence-electron chi connectivity index (χ2n) is 6.98. The average molecular weight is 416 g/mol. The first kappa shape index (κ1) is 21.4. The van der Waals surface area contributed by atoms with Gasteiger partial charge in [0.05, 0.1) is 18.1 Å². The molecule has 3 aromatic rings. The number of halogens is 1. The summed E-state index contributed by atoms with van der Waals surface area (Å²) in [6.45, 7) is 5.55. The fraction of sp³-hybridized carbons (Fsp3) is 0.304. The number of ether oxygens (including phenoxy) is 1. The van der Waals surface area contributed by atoms with Gasteiger partial charge in [0.2, 0.25) is 0 Å². The number of hydrogen-bond donors (Lipinski definition) is 1. The van der Waals surface area contributed by atoms with E-state index >= 15 is 0 Å². The molecule has 0 radical (unpaired) electrons. The molecule has 0 aliphatic rings. The molecule has 1 unspecified atom stereocenters. The normalized spacial score (nSPS) is 12.3. The van der Waals surface area contributed by atoms with Crippen LogP contribution in [-0.2, 0) is 28.0 Å². The smallest absolute Gasteiger partial charge is 0.157 e. The van der Waals surface area contributed by atoms with Gasteiger partial charge in [-0.25, -0.2) is 8.60 Å². The summed E-state index contributed by atoms with van der Waals surface area (Å²) in [5, 5.41) is 0. The predicted octanol–water partition coefficient (Wildman–Crippen LogP) is 5.28.